The lowest BCUT2D eigenvalue weighted by Crippen LogP contribution is -2.42. The van der Waals surface area contributed by atoms with Gasteiger partial charge in [0.1, 0.15) is 0 Å². The molecule has 190 valence electrons. The van der Waals surface area contributed by atoms with Gasteiger partial charge in [0.05, 0.1) is 34.8 Å². The SMILES string of the molecule is COc1ccnc(C(=O)N[C@@H](C)C(=O)C(C)C(C)c2ncc(Cl)cc2Cl)c1OCOC(=O)C(C)C. The predicted molar refractivity (Wildman–Crippen MR) is 131 cm³/mol. The summed E-state index contributed by atoms with van der Waals surface area (Å²) < 4.78 is 15.8. The summed E-state index contributed by atoms with van der Waals surface area (Å²) in [5.41, 5.74) is 0.421. The van der Waals surface area contributed by atoms with Crippen molar-refractivity contribution in [3.05, 3.63) is 46.0 Å². The topological polar surface area (TPSA) is 117 Å². The molecule has 11 heteroatoms. The third-order valence-corrected chi connectivity index (χ3v) is 5.93. The van der Waals surface area contributed by atoms with Crippen LogP contribution in [0.25, 0.3) is 0 Å². The minimum absolute atomic E-state index is 0.0118. The van der Waals surface area contributed by atoms with Crippen LogP contribution in [0.1, 0.15) is 56.7 Å². The van der Waals surface area contributed by atoms with Crippen LogP contribution in [0, 0.1) is 11.8 Å². The molecular formula is C24H29Cl2N3O6. The minimum Gasteiger partial charge on any atom is -0.493 e. The monoisotopic (exact) mass is 525 g/mol. The van der Waals surface area contributed by atoms with Gasteiger partial charge in [-0.25, -0.2) is 4.98 Å². The van der Waals surface area contributed by atoms with Gasteiger partial charge in [-0.05, 0) is 13.0 Å². The first kappa shape index (κ1) is 28.3. The Morgan fingerprint density at radius 3 is 2.37 bits per heavy atom. The van der Waals surface area contributed by atoms with Gasteiger partial charge in [0.15, 0.2) is 23.0 Å². The zero-order valence-electron chi connectivity index (χ0n) is 20.4. The van der Waals surface area contributed by atoms with Gasteiger partial charge in [-0.2, -0.15) is 0 Å². The molecule has 35 heavy (non-hydrogen) atoms. The Bertz CT molecular complexity index is 1080. The lowest BCUT2D eigenvalue weighted by molar-refractivity contribution is -0.154. The number of ether oxygens (including phenoxy) is 3. The smallest absolute Gasteiger partial charge is 0.311 e. The fourth-order valence-electron chi connectivity index (χ4n) is 3.18. The number of aromatic nitrogens is 2. The van der Waals surface area contributed by atoms with Crippen LogP contribution in [-0.2, 0) is 14.3 Å². The number of hydrogen-bond acceptors (Lipinski definition) is 8. The van der Waals surface area contributed by atoms with Gasteiger partial charge in [0.2, 0.25) is 6.79 Å². The second-order valence-electron chi connectivity index (χ2n) is 8.27. The molecule has 0 saturated carbocycles. The molecule has 2 aromatic rings. The molecule has 0 aromatic carbocycles. The van der Waals surface area contributed by atoms with Crippen LogP contribution in [0.5, 0.6) is 11.5 Å². The third kappa shape index (κ3) is 7.29. The van der Waals surface area contributed by atoms with E-state index in [0.29, 0.717) is 15.7 Å². The average Bonchev–Trinajstić information content (AvgIpc) is 2.82. The molecule has 2 unspecified atom stereocenters. The normalized spacial score (nSPS) is 13.5. The molecular weight excluding hydrogens is 497 g/mol. The quantitative estimate of drug-likeness (QED) is 0.337. The van der Waals surface area contributed by atoms with Crippen LogP contribution < -0.4 is 14.8 Å². The van der Waals surface area contributed by atoms with Crippen LogP contribution in [-0.4, -0.2) is 47.6 Å². The van der Waals surface area contributed by atoms with Crippen LogP contribution in [0.3, 0.4) is 0 Å². The summed E-state index contributed by atoms with van der Waals surface area (Å²) in [5, 5.41) is 3.41. The van der Waals surface area contributed by atoms with Crippen molar-refractivity contribution < 1.29 is 28.6 Å². The second-order valence-corrected chi connectivity index (χ2v) is 9.11. The highest BCUT2D eigenvalue weighted by atomic mass is 35.5. The van der Waals surface area contributed by atoms with E-state index in [1.165, 1.54) is 25.6 Å². The van der Waals surface area contributed by atoms with Gasteiger partial charge >= 0.3 is 5.97 Å². The lowest BCUT2D eigenvalue weighted by Gasteiger charge is -2.23. The van der Waals surface area contributed by atoms with Crippen LogP contribution >= 0.6 is 23.2 Å². The molecule has 0 radical (unpaired) electrons. The van der Waals surface area contributed by atoms with E-state index in [2.05, 4.69) is 15.3 Å². The van der Waals surface area contributed by atoms with E-state index in [1.54, 1.807) is 33.8 Å². The summed E-state index contributed by atoms with van der Waals surface area (Å²) in [6.45, 7) is 8.08. The maximum Gasteiger partial charge on any atom is 0.311 e. The van der Waals surface area contributed by atoms with E-state index in [4.69, 9.17) is 37.4 Å². The first-order valence-electron chi connectivity index (χ1n) is 11.0. The van der Waals surface area contributed by atoms with Crippen molar-refractivity contribution in [3.63, 3.8) is 0 Å². The summed E-state index contributed by atoms with van der Waals surface area (Å²) in [6.07, 6.45) is 2.84. The van der Waals surface area contributed by atoms with E-state index < -0.39 is 30.6 Å². The van der Waals surface area contributed by atoms with Gasteiger partial charge in [0, 0.05) is 30.3 Å². The number of nitrogens with one attached hydrogen (secondary N) is 1. The van der Waals surface area contributed by atoms with Gasteiger partial charge in [-0.3, -0.25) is 19.4 Å². The molecule has 2 heterocycles. The van der Waals surface area contributed by atoms with Gasteiger partial charge in [0.25, 0.3) is 5.91 Å². The number of carbonyl (C=O) groups excluding carboxylic acids is 3. The zero-order chi connectivity index (χ0) is 26.3. The molecule has 0 aliphatic heterocycles. The van der Waals surface area contributed by atoms with Crippen LogP contribution in [0.2, 0.25) is 10.0 Å². The second kappa shape index (κ2) is 12.7. The largest absolute Gasteiger partial charge is 0.493 e. The number of halogens is 2. The molecule has 1 N–H and O–H groups in total. The molecule has 0 aliphatic carbocycles. The van der Waals surface area contributed by atoms with E-state index >= 15 is 0 Å². The molecule has 0 fully saturated rings. The number of nitrogens with zero attached hydrogens (tertiary/aromatic N) is 2. The Balaban J connectivity index is 2.14. The zero-order valence-corrected chi connectivity index (χ0v) is 21.9. The fraction of sp³-hybridized carbons (Fsp3) is 0.458. The lowest BCUT2D eigenvalue weighted by atomic mass is 9.86. The van der Waals surface area contributed by atoms with Crippen molar-refractivity contribution in [2.75, 3.05) is 13.9 Å². The number of ketones is 1. The summed E-state index contributed by atoms with van der Waals surface area (Å²) >= 11 is 12.2. The van der Waals surface area contributed by atoms with Crippen molar-refractivity contribution in [2.24, 2.45) is 11.8 Å². The van der Waals surface area contributed by atoms with Crippen molar-refractivity contribution in [1.29, 1.82) is 0 Å². The van der Waals surface area contributed by atoms with Crippen molar-refractivity contribution in [2.45, 2.75) is 46.6 Å². The molecule has 0 spiro atoms. The molecule has 2 rings (SSSR count). The molecule has 9 nitrogen and oxygen atoms in total. The standard InChI is InChI=1S/C24H29Cl2N3O6/c1-12(2)24(32)35-11-34-22-18(33-6)7-8-27-20(22)23(31)29-15(5)21(30)14(4)13(3)19-17(26)9-16(25)10-28-19/h7-10,12-15H,11H2,1-6H3,(H,29,31)/t13?,14?,15-/m0/s1. The van der Waals surface area contributed by atoms with Gasteiger partial charge in [-0.1, -0.05) is 50.9 Å². The molecule has 1 amide bonds. The number of amides is 1. The Kier molecular flexibility index (Phi) is 10.3. The Labute approximate surface area is 214 Å². The number of pyridine rings is 2. The average molecular weight is 526 g/mol. The highest BCUT2D eigenvalue weighted by molar-refractivity contribution is 6.34. The molecule has 0 aliphatic rings. The van der Waals surface area contributed by atoms with Gasteiger partial charge < -0.3 is 19.5 Å². The van der Waals surface area contributed by atoms with Gasteiger partial charge in [-0.15, -0.1) is 0 Å². The first-order chi connectivity index (χ1) is 16.5. The van der Waals surface area contributed by atoms with Crippen molar-refractivity contribution in [1.82, 2.24) is 15.3 Å². The maximum absolute atomic E-state index is 13.1. The Hall–Kier alpha value is -2.91. The number of rotatable bonds is 11. The number of methoxy groups -OCH3 is 1. The van der Waals surface area contributed by atoms with E-state index in [9.17, 15) is 14.4 Å². The Morgan fingerprint density at radius 1 is 1.09 bits per heavy atom. The minimum atomic E-state index is -0.856. The van der Waals surface area contributed by atoms with E-state index in [0.717, 1.165) is 0 Å². The summed E-state index contributed by atoms with van der Waals surface area (Å²) in [4.78, 5) is 46.1. The number of esters is 1. The van der Waals surface area contributed by atoms with Crippen LogP contribution in [0.4, 0.5) is 0 Å². The maximum atomic E-state index is 13.1. The highest BCUT2D eigenvalue weighted by Gasteiger charge is 2.30. The third-order valence-electron chi connectivity index (χ3n) is 5.42. The van der Waals surface area contributed by atoms with Crippen LogP contribution in [0.15, 0.2) is 24.5 Å². The number of Topliss-reactive ketones (excluding diaryl/α,β-unsaturated/α-hetero) is 1. The highest BCUT2D eigenvalue weighted by Crippen LogP contribution is 2.32. The van der Waals surface area contributed by atoms with E-state index in [1.807, 2.05) is 6.92 Å². The first-order valence-corrected chi connectivity index (χ1v) is 11.7. The molecule has 3 atom stereocenters. The molecule has 0 bridgehead atoms. The fourth-order valence-corrected chi connectivity index (χ4v) is 3.73. The summed E-state index contributed by atoms with van der Waals surface area (Å²) in [5.74, 6) is -2.32. The Morgan fingerprint density at radius 2 is 1.77 bits per heavy atom. The van der Waals surface area contributed by atoms with Crippen molar-refractivity contribution >= 4 is 40.9 Å². The number of carbonyl (C=O) groups is 3. The molecule has 2 aromatic heterocycles. The summed E-state index contributed by atoms with van der Waals surface area (Å²) in [7, 11) is 1.40. The molecule has 0 saturated heterocycles. The van der Waals surface area contributed by atoms with E-state index in [-0.39, 0.29) is 34.8 Å². The predicted octanol–water partition coefficient (Wildman–Crippen LogP) is 4.45. The van der Waals surface area contributed by atoms with Crippen molar-refractivity contribution in [3.8, 4) is 11.5 Å². The number of hydrogen-bond donors (Lipinski definition) is 1. The summed E-state index contributed by atoms with van der Waals surface area (Å²) in [6, 6.07) is 2.21.